The Hall–Kier alpha value is -1.53. The second-order valence-electron chi connectivity index (χ2n) is 5.92. The minimum Gasteiger partial charge on any atom is -0.383 e. The van der Waals surface area contributed by atoms with Crippen LogP contribution in [0.1, 0.15) is 25.0 Å². The summed E-state index contributed by atoms with van der Waals surface area (Å²) >= 11 is 0. The second kappa shape index (κ2) is 5.88. The van der Waals surface area contributed by atoms with E-state index in [1.165, 1.54) is 5.56 Å². The molecular formula is C15H23N3. The van der Waals surface area contributed by atoms with Gasteiger partial charge in [-0.2, -0.15) is 5.26 Å². The fourth-order valence-electron chi connectivity index (χ4n) is 2.15. The number of aryl methyl sites for hydroxylation is 1. The van der Waals surface area contributed by atoms with Crippen molar-refractivity contribution in [2.75, 3.05) is 32.5 Å². The molecule has 1 aromatic carbocycles. The van der Waals surface area contributed by atoms with Crippen molar-refractivity contribution < 1.29 is 0 Å². The number of nitrogens with one attached hydrogen (secondary N) is 1. The predicted octanol–water partition coefficient (Wildman–Crippen LogP) is 2.87. The first-order chi connectivity index (χ1) is 8.34. The highest BCUT2D eigenvalue weighted by atomic mass is 15.1. The van der Waals surface area contributed by atoms with Crippen molar-refractivity contribution in [2.24, 2.45) is 5.41 Å². The first kappa shape index (κ1) is 14.5. The maximum absolute atomic E-state index is 9.09. The molecule has 0 amide bonds. The van der Waals surface area contributed by atoms with Gasteiger partial charge in [-0.15, -0.1) is 0 Å². The van der Waals surface area contributed by atoms with E-state index in [1.54, 1.807) is 0 Å². The fraction of sp³-hybridized carbons (Fsp3) is 0.533. The van der Waals surface area contributed by atoms with E-state index in [4.69, 9.17) is 5.26 Å². The number of nitriles is 1. The summed E-state index contributed by atoms with van der Waals surface area (Å²) in [5.74, 6) is 0. The van der Waals surface area contributed by atoms with Gasteiger partial charge in [0.1, 0.15) is 6.07 Å². The van der Waals surface area contributed by atoms with Crippen molar-refractivity contribution >= 4 is 5.69 Å². The van der Waals surface area contributed by atoms with E-state index >= 15 is 0 Å². The van der Waals surface area contributed by atoms with Crippen LogP contribution in [0.5, 0.6) is 0 Å². The number of anilines is 1. The van der Waals surface area contributed by atoms with Crippen LogP contribution in [0, 0.1) is 23.7 Å². The van der Waals surface area contributed by atoms with Crippen molar-refractivity contribution in [2.45, 2.75) is 20.8 Å². The SMILES string of the molecule is Cc1ccc(C#N)c(NCC(C)(C)CN(C)C)c1. The van der Waals surface area contributed by atoms with Gasteiger partial charge in [-0.25, -0.2) is 0 Å². The van der Waals surface area contributed by atoms with Crippen molar-refractivity contribution in [1.29, 1.82) is 5.26 Å². The summed E-state index contributed by atoms with van der Waals surface area (Å²) in [5.41, 5.74) is 2.98. The Labute approximate surface area is 110 Å². The van der Waals surface area contributed by atoms with Crippen LogP contribution in [0.15, 0.2) is 18.2 Å². The van der Waals surface area contributed by atoms with E-state index in [0.29, 0.717) is 5.56 Å². The first-order valence-electron chi connectivity index (χ1n) is 6.23. The maximum atomic E-state index is 9.09. The van der Waals surface area contributed by atoms with Gasteiger partial charge in [0, 0.05) is 13.1 Å². The molecule has 18 heavy (non-hydrogen) atoms. The lowest BCUT2D eigenvalue weighted by molar-refractivity contribution is 0.254. The Morgan fingerprint density at radius 1 is 1.33 bits per heavy atom. The molecule has 0 heterocycles. The summed E-state index contributed by atoms with van der Waals surface area (Å²) in [6.45, 7) is 8.35. The molecule has 0 saturated heterocycles. The van der Waals surface area contributed by atoms with Crippen LogP contribution in [0.2, 0.25) is 0 Å². The predicted molar refractivity (Wildman–Crippen MR) is 76.7 cm³/mol. The van der Waals surface area contributed by atoms with Gasteiger partial charge in [-0.05, 0) is 44.1 Å². The molecule has 98 valence electrons. The summed E-state index contributed by atoms with van der Waals surface area (Å²) in [4.78, 5) is 2.18. The monoisotopic (exact) mass is 245 g/mol. The Morgan fingerprint density at radius 3 is 2.56 bits per heavy atom. The highest BCUT2D eigenvalue weighted by molar-refractivity contribution is 5.58. The smallest absolute Gasteiger partial charge is 0.101 e. The minimum absolute atomic E-state index is 0.167. The number of hydrogen-bond donors (Lipinski definition) is 1. The average Bonchev–Trinajstić information content (AvgIpc) is 2.25. The number of rotatable bonds is 5. The molecule has 0 aromatic heterocycles. The van der Waals surface area contributed by atoms with Gasteiger partial charge in [0.2, 0.25) is 0 Å². The molecule has 0 atom stereocenters. The zero-order valence-electron chi connectivity index (χ0n) is 12.0. The van der Waals surface area contributed by atoms with Crippen LogP contribution in [-0.2, 0) is 0 Å². The first-order valence-corrected chi connectivity index (χ1v) is 6.23. The van der Waals surface area contributed by atoms with Crippen LogP contribution < -0.4 is 5.32 Å². The third-order valence-electron chi connectivity index (χ3n) is 2.80. The molecule has 0 aliphatic carbocycles. The second-order valence-corrected chi connectivity index (χ2v) is 5.92. The zero-order valence-corrected chi connectivity index (χ0v) is 12.0. The standard InChI is InChI=1S/C15H23N3/c1-12-6-7-13(9-16)14(8-12)17-10-15(2,3)11-18(4)5/h6-8,17H,10-11H2,1-5H3. The highest BCUT2D eigenvalue weighted by Gasteiger charge is 2.19. The third kappa shape index (κ3) is 4.38. The van der Waals surface area contributed by atoms with Gasteiger partial charge in [0.15, 0.2) is 0 Å². The van der Waals surface area contributed by atoms with Crippen LogP contribution in [0.3, 0.4) is 0 Å². The van der Waals surface area contributed by atoms with Crippen molar-refractivity contribution in [1.82, 2.24) is 4.90 Å². The summed E-state index contributed by atoms with van der Waals surface area (Å²) < 4.78 is 0. The lowest BCUT2D eigenvalue weighted by atomic mass is 9.92. The van der Waals surface area contributed by atoms with Crippen LogP contribution in [-0.4, -0.2) is 32.1 Å². The zero-order chi connectivity index (χ0) is 13.8. The van der Waals surface area contributed by atoms with Gasteiger partial charge in [-0.3, -0.25) is 0 Å². The number of hydrogen-bond acceptors (Lipinski definition) is 3. The molecule has 0 unspecified atom stereocenters. The molecule has 1 rings (SSSR count). The van der Waals surface area contributed by atoms with Gasteiger partial charge in [0.25, 0.3) is 0 Å². The quantitative estimate of drug-likeness (QED) is 0.867. The van der Waals surface area contributed by atoms with E-state index in [2.05, 4.69) is 44.2 Å². The van der Waals surface area contributed by atoms with E-state index in [0.717, 1.165) is 18.8 Å². The summed E-state index contributed by atoms with van der Waals surface area (Å²) in [7, 11) is 4.16. The highest BCUT2D eigenvalue weighted by Crippen LogP contribution is 2.21. The van der Waals surface area contributed by atoms with Crippen molar-refractivity contribution in [3.05, 3.63) is 29.3 Å². The van der Waals surface area contributed by atoms with Crippen molar-refractivity contribution in [3.8, 4) is 6.07 Å². The molecule has 0 bridgehead atoms. The normalized spacial score (nSPS) is 11.4. The molecule has 1 aromatic rings. The maximum Gasteiger partial charge on any atom is 0.101 e. The van der Waals surface area contributed by atoms with E-state index in [1.807, 2.05) is 25.1 Å². The molecule has 0 aliphatic heterocycles. The van der Waals surface area contributed by atoms with Gasteiger partial charge >= 0.3 is 0 Å². The van der Waals surface area contributed by atoms with Crippen LogP contribution >= 0.6 is 0 Å². The van der Waals surface area contributed by atoms with Gasteiger partial charge in [-0.1, -0.05) is 19.9 Å². The Kier molecular flexibility index (Phi) is 4.75. The van der Waals surface area contributed by atoms with E-state index in [9.17, 15) is 0 Å². The molecule has 0 spiro atoms. The largest absolute Gasteiger partial charge is 0.383 e. The molecule has 3 heteroatoms. The molecule has 0 radical (unpaired) electrons. The molecule has 0 aliphatic rings. The molecule has 1 N–H and O–H groups in total. The molecular weight excluding hydrogens is 222 g/mol. The van der Waals surface area contributed by atoms with Gasteiger partial charge < -0.3 is 10.2 Å². The Morgan fingerprint density at radius 2 is 2.00 bits per heavy atom. The summed E-state index contributed by atoms with van der Waals surface area (Å²) in [6, 6.07) is 8.10. The van der Waals surface area contributed by atoms with Gasteiger partial charge in [0.05, 0.1) is 11.3 Å². The average molecular weight is 245 g/mol. The minimum atomic E-state index is 0.167. The molecule has 0 saturated carbocycles. The lowest BCUT2D eigenvalue weighted by Gasteiger charge is -2.29. The third-order valence-corrected chi connectivity index (χ3v) is 2.80. The van der Waals surface area contributed by atoms with Crippen LogP contribution in [0.25, 0.3) is 0 Å². The van der Waals surface area contributed by atoms with Crippen molar-refractivity contribution in [3.63, 3.8) is 0 Å². The van der Waals surface area contributed by atoms with Crippen LogP contribution in [0.4, 0.5) is 5.69 Å². The van der Waals surface area contributed by atoms with E-state index < -0.39 is 0 Å². The fourth-order valence-corrected chi connectivity index (χ4v) is 2.15. The topological polar surface area (TPSA) is 39.1 Å². The van der Waals surface area contributed by atoms with E-state index in [-0.39, 0.29) is 5.41 Å². The number of nitrogens with zero attached hydrogens (tertiary/aromatic N) is 2. The number of benzene rings is 1. The Balaban J connectivity index is 2.74. The summed E-state index contributed by atoms with van der Waals surface area (Å²) in [5, 5.41) is 12.5. The summed E-state index contributed by atoms with van der Waals surface area (Å²) in [6.07, 6.45) is 0. The molecule has 3 nitrogen and oxygen atoms in total. The molecule has 0 fully saturated rings. The lowest BCUT2D eigenvalue weighted by Crippen LogP contribution is -2.34. The Bertz CT molecular complexity index is 442.